The van der Waals surface area contributed by atoms with E-state index in [0.717, 1.165) is 6.07 Å². The van der Waals surface area contributed by atoms with E-state index >= 15 is 0 Å². The normalized spacial score (nSPS) is 11.6. The van der Waals surface area contributed by atoms with Gasteiger partial charge in [-0.3, -0.25) is 0 Å². The van der Waals surface area contributed by atoms with Crippen molar-refractivity contribution in [3.63, 3.8) is 0 Å². The van der Waals surface area contributed by atoms with Crippen LogP contribution in [0.4, 0.5) is 4.39 Å². The third-order valence-electron chi connectivity index (χ3n) is 2.05. The number of halogens is 1. The maximum atomic E-state index is 13.3. The third kappa shape index (κ3) is 2.69. The van der Waals surface area contributed by atoms with Crippen LogP contribution in [-0.4, -0.2) is 13.6 Å². The summed E-state index contributed by atoms with van der Waals surface area (Å²) in [5.74, 6) is -0.442. The first-order valence-corrected chi connectivity index (χ1v) is 6.22. The van der Waals surface area contributed by atoms with Gasteiger partial charge >= 0.3 is 0 Å². The number of sulfonamides is 1. The molecule has 0 aliphatic carbocycles. The number of aromatic nitrogens is 1. The molecule has 0 aliphatic rings. The maximum absolute atomic E-state index is 13.3. The van der Waals surface area contributed by atoms with Crippen molar-refractivity contribution in [1.29, 1.82) is 0 Å². The lowest BCUT2D eigenvalue weighted by atomic mass is 10.4. The van der Waals surface area contributed by atoms with Crippen molar-refractivity contribution in [2.24, 2.45) is 0 Å². The number of nitrogens with zero attached hydrogens (tertiary/aromatic N) is 1. The molecule has 5 nitrogen and oxygen atoms in total. The Morgan fingerprint density at radius 2 is 2.06 bits per heavy atom. The molecule has 1 N–H and O–H groups in total. The van der Waals surface area contributed by atoms with Crippen molar-refractivity contribution in [2.45, 2.75) is 11.4 Å². The molecular formula is C10H9FN2O3S. The molecule has 0 aliphatic heterocycles. The van der Waals surface area contributed by atoms with Crippen LogP contribution < -0.4 is 4.72 Å². The van der Waals surface area contributed by atoms with Gasteiger partial charge < -0.3 is 4.52 Å². The highest BCUT2D eigenvalue weighted by molar-refractivity contribution is 7.89. The average molecular weight is 256 g/mol. The molecule has 0 bridgehead atoms. The molecule has 1 aromatic carbocycles. The third-order valence-corrected chi connectivity index (χ3v) is 3.49. The van der Waals surface area contributed by atoms with Gasteiger partial charge in [0.2, 0.25) is 10.0 Å². The van der Waals surface area contributed by atoms with Gasteiger partial charge in [0.1, 0.15) is 10.7 Å². The first kappa shape index (κ1) is 11.7. The van der Waals surface area contributed by atoms with Crippen LogP contribution in [0.1, 0.15) is 5.76 Å². The molecule has 2 rings (SSSR count). The molecule has 0 saturated carbocycles. The molecule has 0 radical (unpaired) electrons. The fourth-order valence-electron chi connectivity index (χ4n) is 1.24. The summed E-state index contributed by atoms with van der Waals surface area (Å²) in [6.45, 7) is -0.0728. The molecule has 2 aromatic rings. The number of benzene rings is 1. The van der Waals surface area contributed by atoms with E-state index in [0.29, 0.717) is 5.76 Å². The van der Waals surface area contributed by atoms with E-state index in [1.165, 1.54) is 30.5 Å². The molecule has 0 fully saturated rings. The van der Waals surface area contributed by atoms with Crippen LogP contribution in [0.3, 0.4) is 0 Å². The van der Waals surface area contributed by atoms with Crippen molar-refractivity contribution >= 4 is 10.0 Å². The lowest BCUT2D eigenvalue weighted by molar-refractivity contribution is 0.380. The summed E-state index contributed by atoms with van der Waals surface area (Å²) in [7, 11) is -3.88. The number of hydrogen-bond donors (Lipinski definition) is 1. The van der Waals surface area contributed by atoms with Crippen LogP contribution in [0.2, 0.25) is 0 Å². The van der Waals surface area contributed by atoms with E-state index in [-0.39, 0.29) is 11.4 Å². The molecule has 0 atom stereocenters. The topological polar surface area (TPSA) is 72.2 Å². The van der Waals surface area contributed by atoms with Gasteiger partial charge in [0.15, 0.2) is 5.76 Å². The predicted molar refractivity (Wildman–Crippen MR) is 56.9 cm³/mol. The highest BCUT2D eigenvalue weighted by Crippen LogP contribution is 2.13. The zero-order valence-corrected chi connectivity index (χ0v) is 9.45. The minimum absolute atomic E-state index is 0.0728. The second kappa shape index (κ2) is 4.64. The van der Waals surface area contributed by atoms with Crippen LogP contribution in [0, 0.1) is 5.82 Å². The number of hydrogen-bond acceptors (Lipinski definition) is 4. The fourth-order valence-corrected chi connectivity index (χ4v) is 2.31. The Hall–Kier alpha value is -1.73. The summed E-state index contributed by atoms with van der Waals surface area (Å²) < 4.78 is 43.7. The van der Waals surface area contributed by atoms with Gasteiger partial charge in [-0.25, -0.2) is 17.5 Å². The summed E-state index contributed by atoms with van der Waals surface area (Å²) >= 11 is 0. The van der Waals surface area contributed by atoms with E-state index in [9.17, 15) is 12.8 Å². The van der Waals surface area contributed by atoms with Crippen LogP contribution >= 0.6 is 0 Å². The van der Waals surface area contributed by atoms with E-state index in [1.54, 1.807) is 0 Å². The van der Waals surface area contributed by atoms with Crippen LogP contribution in [0.25, 0.3) is 0 Å². The SMILES string of the molecule is O=S(=O)(NCc1ccno1)c1ccccc1F. The van der Waals surface area contributed by atoms with Crippen molar-refractivity contribution in [2.75, 3.05) is 0 Å². The van der Waals surface area contributed by atoms with Gasteiger partial charge in [0.25, 0.3) is 0 Å². The standard InChI is InChI=1S/C10H9FN2O3S/c11-9-3-1-2-4-10(9)17(14,15)13-7-8-5-6-12-16-8/h1-6,13H,7H2. The van der Waals surface area contributed by atoms with E-state index in [2.05, 4.69) is 9.88 Å². The minimum atomic E-state index is -3.88. The predicted octanol–water partition coefficient (Wildman–Crippen LogP) is 1.29. The molecule has 0 amide bonds. The van der Waals surface area contributed by atoms with Gasteiger partial charge in [-0.15, -0.1) is 0 Å². The Kier molecular flexibility index (Phi) is 3.21. The molecule has 0 spiro atoms. The Balaban J connectivity index is 2.17. The molecule has 17 heavy (non-hydrogen) atoms. The largest absolute Gasteiger partial charge is 0.360 e. The zero-order valence-electron chi connectivity index (χ0n) is 8.63. The molecule has 0 saturated heterocycles. The molecule has 0 unspecified atom stereocenters. The summed E-state index contributed by atoms with van der Waals surface area (Å²) in [6, 6.07) is 6.67. The Labute approximate surface area is 97.3 Å². The van der Waals surface area contributed by atoms with Crippen LogP contribution in [-0.2, 0) is 16.6 Å². The Morgan fingerprint density at radius 1 is 1.29 bits per heavy atom. The summed E-state index contributed by atoms with van der Waals surface area (Å²) in [4.78, 5) is -0.389. The fraction of sp³-hybridized carbons (Fsp3) is 0.100. The monoisotopic (exact) mass is 256 g/mol. The summed E-state index contributed by atoms with van der Waals surface area (Å²) in [5, 5.41) is 3.43. The Morgan fingerprint density at radius 3 is 2.71 bits per heavy atom. The minimum Gasteiger partial charge on any atom is -0.360 e. The van der Waals surface area contributed by atoms with Crippen molar-refractivity contribution in [3.8, 4) is 0 Å². The lowest BCUT2D eigenvalue weighted by Gasteiger charge is -2.05. The quantitative estimate of drug-likeness (QED) is 0.894. The zero-order chi connectivity index (χ0) is 12.3. The van der Waals surface area contributed by atoms with Gasteiger partial charge in [-0.2, -0.15) is 0 Å². The van der Waals surface area contributed by atoms with Gasteiger partial charge in [-0.1, -0.05) is 17.3 Å². The maximum Gasteiger partial charge on any atom is 0.243 e. The molecule has 90 valence electrons. The van der Waals surface area contributed by atoms with Gasteiger partial charge in [0, 0.05) is 6.07 Å². The first-order valence-electron chi connectivity index (χ1n) is 4.73. The van der Waals surface area contributed by atoms with Gasteiger partial charge in [-0.05, 0) is 12.1 Å². The summed E-state index contributed by atoms with van der Waals surface area (Å²) in [6.07, 6.45) is 1.40. The van der Waals surface area contributed by atoms with E-state index in [4.69, 9.17) is 4.52 Å². The molecular weight excluding hydrogens is 247 g/mol. The highest BCUT2D eigenvalue weighted by atomic mass is 32.2. The second-order valence-electron chi connectivity index (χ2n) is 3.23. The van der Waals surface area contributed by atoms with E-state index < -0.39 is 15.8 Å². The molecule has 1 aromatic heterocycles. The smallest absolute Gasteiger partial charge is 0.243 e. The molecule has 1 heterocycles. The molecule has 7 heteroatoms. The summed E-state index contributed by atoms with van der Waals surface area (Å²) in [5.41, 5.74) is 0. The van der Waals surface area contributed by atoms with Crippen LogP contribution in [0.5, 0.6) is 0 Å². The number of rotatable bonds is 4. The lowest BCUT2D eigenvalue weighted by Crippen LogP contribution is -2.23. The average Bonchev–Trinajstić information content (AvgIpc) is 2.80. The first-order chi connectivity index (χ1) is 8.09. The van der Waals surface area contributed by atoms with Crippen molar-refractivity contribution < 1.29 is 17.3 Å². The van der Waals surface area contributed by atoms with Crippen LogP contribution in [0.15, 0.2) is 45.9 Å². The van der Waals surface area contributed by atoms with Gasteiger partial charge in [0.05, 0.1) is 12.7 Å². The van der Waals surface area contributed by atoms with E-state index in [1.807, 2.05) is 0 Å². The second-order valence-corrected chi connectivity index (χ2v) is 4.97. The Bertz CT molecular complexity index is 596. The number of nitrogens with one attached hydrogen (secondary N) is 1. The van der Waals surface area contributed by atoms with Crippen molar-refractivity contribution in [1.82, 2.24) is 9.88 Å². The van der Waals surface area contributed by atoms with Crippen molar-refractivity contribution in [3.05, 3.63) is 48.1 Å². The highest BCUT2D eigenvalue weighted by Gasteiger charge is 2.18.